The van der Waals surface area contributed by atoms with E-state index in [1.54, 1.807) is 36.7 Å². The van der Waals surface area contributed by atoms with Gasteiger partial charge < -0.3 is 9.80 Å². The molecular formula is C25H23Cl2N3O2S. The highest BCUT2D eigenvalue weighted by molar-refractivity contribution is 8.00. The maximum absolute atomic E-state index is 13.1. The first kappa shape index (κ1) is 23.6. The van der Waals surface area contributed by atoms with Gasteiger partial charge in [0.2, 0.25) is 0 Å². The molecule has 4 rings (SSSR count). The van der Waals surface area contributed by atoms with Gasteiger partial charge in [0.15, 0.2) is 5.78 Å². The maximum atomic E-state index is 13.1. The molecule has 0 saturated carbocycles. The number of anilines is 1. The fourth-order valence-electron chi connectivity index (χ4n) is 3.88. The molecule has 1 amide bonds. The van der Waals surface area contributed by atoms with Gasteiger partial charge in [0.1, 0.15) is 0 Å². The maximum Gasteiger partial charge on any atom is 0.254 e. The van der Waals surface area contributed by atoms with E-state index >= 15 is 0 Å². The summed E-state index contributed by atoms with van der Waals surface area (Å²) in [6.07, 6.45) is 3.20. The van der Waals surface area contributed by atoms with Gasteiger partial charge in [-0.25, -0.2) is 0 Å². The molecule has 5 nitrogen and oxygen atoms in total. The summed E-state index contributed by atoms with van der Waals surface area (Å²) in [5, 5.41) is 1.17. The number of benzene rings is 2. The molecule has 33 heavy (non-hydrogen) atoms. The Morgan fingerprint density at radius 1 is 1.03 bits per heavy atom. The molecule has 1 aliphatic rings. The number of rotatable bonds is 6. The van der Waals surface area contributed by atoms with E-state index in [9.17, 15) is 9.59 Å². The van der Waals surface area contributed by atoms with Crippen LogP contribution in [0.5, 0.6) is 0 Å². The van der Waals surface area contributed by atoms with Crippen LogP contribution >= 0.6 is 35.0 Å². The minimum atomic E-state index is -0.0427. The molecule has 2 heterocycles. The van der Waals surface area contributed by atoms with E-state index in [2.05, 4.69) is 16.8 Å². The first-order valence-corrected chi connectivity index (χ1v) is 12.3. The summed E-state index contributed by atoms with van der Waals surface area (Å²) in [6.45, 7) is 4.06. The normalized spacial score (nSPS) is 16.0. The lowest BCUT2D eigenvalue weighted by atomic mass is 10.1. The molecule has 0 bridgehead atoms. The number of carbonyl (C=O) groups is 2. The second-order valence-corrected chi connectivity index (χ2v) is 9.73. The van der Waals surface area contributed by atoms with Crippen molar-refractivity contribution in [2.45, 2.75) is 17.9 Å². The molecule has 0 radical (unpaired) electrons. The van der Waals surface area contributed by atoms with Gasteiger partial charge >= 0.3 is 0 Å². The van der Waals surface area contributed by atoms with Gasteiger partial charge in [-0.3, -0.25) is 14.6 Å². The number of carbonyl (C=O) groups excluding carboxylic acids is 2. The third kappa shape index (κ3) is 5.69. The summed E-state index contributed by atoms with van der Waals surface area (Å²) >= 11 is 14.0. The van der Waals surface area contributed by atoms with Crippen LogP contribution in [-0.2, 0) is 0 Å². The van der Waals surface area contributed by atoms with Crippen molar-refractivity contribution >= 4 is 52.3 Å². The highest BCUT2D eigenvalue weighted by Crippen LogP contribution is 2.30. The lowest BCUT2D eigenvalue weighted by Gasteiger charge is -2.41. The minimum Gasteiger partial charge on any atom is -0.365 e. The number of pyridine rings is 1. The quantitative estimate of drug-likeness (QED) is 0.320. The molecule has 1 aromatic heterocycles. The number of piperazine rings is 1. The van der Waals surface area contributed by atoms with Gasteiger partial charge in [-0.05, 0) is 55.5 Å². The monoisotopic (exact) mass is 499 g/mol. The van der Waals surface area contributed by atoms with Crippen molar-refractivity contribution in [2.24, 2.45) is 0 Å². The second-order valence-electron chi connectivity index (χ2n) is 7.87. The predicted molar refractivity (Wildman–Crippen MR) is 135 cm³/mol. The van der Waals surface area contributed by atoms with Crippen LogP contribution in [0.15, 0.2) is 71.9 Å². The topological polar surface area (TPSA) is 53.5 Å². The molecule has 0 aliphatic carbocycles. The van der Waals surface area contributed by atoms with Crippen molar-refractivity contribution in [1.82, 2.24) is 9.88 Å². The average molecular weight is 500 g/mol. The number of hydrogen-bond acceptors (Lipinski definition) is 5. The molecule has 1 saturated heterocycles. The predicted octanol–water partition coefficient (Wildman–Crippen LogP) is 5.71. The van der Waals surface area contributed by atoms with Gasteiger partial charge in [-0.15, -0.1) is 11.8 Å². The molecular weight excluding hydrogens is 477 g/mol. The first-order chi connectivity index (χ1) is 15.9. The van der Waals surface area contributed by atoms with E-state index in [0.717, 1.165) is 17.1 Å². The van der Waals surface area contributed by atoms with E-state index in [0.29, 0.717) is 34.3 Å². The fraction of sp³-hybridized carbons (Fsp3) is 0.240. The SMILES string of the molecule is CC1CN(C(=O)c2ccc(SCC(=O)c3ccncc3)c(Cl)c2)CCN1c1cccc(Cl)c1. The zero-order chi connectivity index (χ0) is 23.4. The van der Waals surface area contributed by atoms with Gasteiger partial charge in [0.05, 0.1) is 10.8 Å². The van der Waals surface area contributed by atoms with E-state index < -0.39 is 0 Å². The summed E-state index contributed by atoms with van der Waals surface area (Å²) < 4.78 is 0. The number of amides is 1. The number of thioether (sulfide) groups is 1. The van der Waals surface area contributed by atoms with Crippen LogP contribution < -0.4 is 4.90 Å². The van der Waals surface area contributed by atoms with Crippen LogP contribution in [0.4, 0.5) is 5.69 Å². The molecule has 170 valence electrons. The van der Waals surface area contributed by atoms with Gasteiger partial charge in [0, 0.05) is 64.8 Å². The van der Waals surface area contributed by atoms with Crippen LogP contribution in [-0.4, -0.2) is 53.0 Å². The van der Waals surface area contributed by atoms with Crippen molar-refractivity contribution in [3.63, 3.8) is 0 Å². The summed E-state index contributed by atoms with van der Waals surface area (Å²) in [6, 6.07) is 16.6. The van der Waals surface area contributed by atoms with E-state index in [1.807, 2.05) is 35.2 Å². The highest BCUT2D eigenvalue weighted by atomic mass is 35.5. The highest BCUT2D eigenvalue weighted by Gasteiger charge is 2.28. The molecule has 1 unspecified atom stereocenters. The second kappa shape index (κ2) is 10.6. The molecule has 1 atom stereocenters. The smallest absolute Gasteiger partial charge is 0.254 e. The Bertz CT molecular complexity index is 1160. The van der Waals surface area contributed by atoms with Crippen molar-refractivity contribution in [3.05, 3.63) is 88.2 Å². The van der Waals surface area contributed by atoms with E-state index in [-0.39, 0.29) is 23.5 Å². The standard InChI is InChI=1S/C25H23Cl2N3O2S/c1-17-15-29(11-12-30(17)21-4-2-3-20(26)14-21)25(32)19-5-6-24(22(27)13-19)33-16-23(31)18-7-9-28-10-8-18/h2-10,13-14,17H,11-12,15-16H2,1H3. The zero-order valence-electron chi connectivity index (χ0n) is 18.1. The molecule has 0 N–H and O–H groups in total. The molecule has 0 spiro atoms. The Balaban J connectivity index is 1.38. The van der Waals surface area contributed by atoms with Crippen molar-refractivity contribution in [2.75, 3.05) is 30.3 Å². The Morgan fingerprint density at radius 3 is 2.52 bits per heavy atom. The Labute approximate surface area is 207 Å². The molecule has 8 heteroatoms. The van der Waals surface area contributed by atoms with Crippen LogP contribution in [0.25, 0.3) is 0 Å². The Morgan fingerprint density at radius 2 is 1.82 bits per heavy atom. The number of halogens is 2. The van der Waals surface area contributed by atoms with Crippen LogP contribution in [0.3, 0.4) is 0 Å². The largest absolute Gasteiger partial charge is 0.365 e. The summed E-state index contributed by atoms with van der Waals surface area (Å²) in [4.78, 5) is 34.3. The number of Topliss-reactive ketones (excluding diaryl/α,β-unsaturated/α-hetero) is 1. The number of aromatic nitrogens is 1. The molecule has 3 aromatic rings. The van der Waals surface area contributed by atoms with E-state index in [1.165, 1.54) is 11.8 Å². The minimum absolute atomic E-state index is 0.00480. The van der Waals surface area contributed by atoms with Crippen LogP contribution in [0.2, 0.25) is 10.0 Å². The van der Waals surface area contributed by atoms with Crippen molar-refractivity contribution in [1.29, 1.82) is 0 Å². The molecule has 2 aromatic carbocycles. The lowest BCUT2D eigenvalue weighted by molar-refractivity contribution is 0.0726. The molecule has 1 aliphatic heterocycles. The van der Waals surface area contributed by atoms with Gasteiger partial charge in [-0.1, -0.05) is 29.3 Å². The van der Waals surface area contributed by atoms with Crippen LogP contribution in [0.1, 0.15) is 27.6 Å². The number of hydrogen-bond donors (Lipinski definition) is 0. The third-order valence-corrected chi connectivity index (χ3v) is 7.33. The van der Waals surface area contributed by atoms with E-state index in [4.69, 9.17) is 23.2 Å². The third-order valence-electron chi connectivity index (χ3n) is 5.59. The Kier molecular flexibility index (Phi) is 7.58. The number of ketones is 1. The summed E-state index contributed by atoms with van der Waals surface area (Å²) in [5.41, 5.74) is 2.23. The average Bonchev–Trinajstić information content (AvgIpc) is 2.83. The summed E-state index contributed by atoms with van der Waals surface area (Å²) in [7, 11) is 0. The van der Waals surface area contributed by atoms with Crippen molar-refractivity contribution in [3.8, 4) is 0 Å². The lowest BCUT2D eigenvalue weighted by Crippen LogP contribution is -2.53. The zero-order valence-corrected chi connectivity index (χ0v) is 20.4. The summed E-state index contributed by atoms with van der Waals surface area (Å²) in [5.74, 6) is 0.226. The van der Waals surface area contributed by atoms with Gasteiger partial charge in [0.25, 0.3) is 5.91 Å². The Hall–Kier alpha value is -2.54. The van der Waals surface area contributed by atoms with Gasteiger partial charge in [-0.2, -0.15) is 0 Å². The fourth-order valence-corrected chi connectivity index (χ4v) is 5.22. The van der Waals surface area contributed by atoms with Crippen LogP contribution in [0, 0.1) is 0 Å². The number of nitrogens with zero attached hydrogens (tertiary/aromatic N) is 3. The van der Waals surface area contributed by atoms with Crippen molar-refractivity contribution < 1.29 is 9.59 Å². The first-order valence-electron chi connectivity index (χ1n) is 10.6. The molecule has 1 fully saturated rings.